The van der Waals surface area contributed by atoms with Crippen molar-refractivity contribution in [1.29, 1.82) is 5.26 Å². The molecule has 0 bridgehead atoms. The molecule has 0 radical (unpaired) electrons. The summed E-state index contributed by atoms with van der Waals surface area (Å²) in [7, 11) is 1.72. The predicted molar refractivity (Wildman–Crippen MR) is 133 cm³/mol. The molecule has 4 aliphatic rings. The van der Waals surface area contributed by atoms with E-state index in [0.717, 1.165) is 44.1 Å². The minimum Gasteiger partial charge on any atom is -0.393 e. The van der Waals surface area contributed by atoms with Crippen LogP contribution in [0.4, 0.5) is 0 Å². The van der Waals surface area contributed by atoms with Gasteiger partial charge < -0.3 is 14.6 Å². The number of nitriles is 1. The molecular weight excluding hydrogens is 438 g/mol. The lowest BCUT2D eigenvalue weighted by Gasteiger charge is -2.60. The van der Waals surface area contributed by atoms with Gasteiger partial charge in [-0.3, -0.25) is 4.79 Å². The predicted octanol–water partition coefficient (Wildman–Crippen LogP) is 5.35. The molecule has 0 heterocycles. The first kappa shape index (κ1) is 24.7. The van der Waals surface area contributed by atoms with Gasteiger partial charge in [0.2, 0.25) is 0 Å². The molecule has 1 N–H and O–H groups in total. The van der Waals surface area contributed by atoms with Gasteiger partial charge in [-0.2, -0.15) is 5.26 Å². The number of hydrogen-bond acceptors (Lipinski definition) is 5. The Morgan fingerprint density at radius 3 is 2.54 bits per heavy atom. The number of nitrogens with zero attached hydrogens (tertiary/aromatic N) is 1. The van der Waals surface area contributed by atoms with Crippen LogP contribution in [0.5, 0.6) is 0 Å². The molecule has 2 unspecified atom stereocenters. The maximum Gasteiger partial charge on any atom is 0.162 e. The number of benzene rings is 1. The summed E-state index contributed by atoms with van der Waals surface area (Å²) in [5, 5.41) is 19.8. The highest BCUT2D eigenvalue weighted by Gasteiger charge is 2.67. The third kappa shape index (κ3) is 3.56. The highest BCUT2D eigenvalue weighted by Crippen LogP contribution is 2.68. The second kappa shape index (κ2) is 8.83. The number of aliphatic hydroxyl groups is 1. The van der Waals surface area contributed by atoms with Gasteiger partial charge in [-0.25, -0.2) is 0 Å². The van der Waals surface area contributed by atoms with Gasteiger partial charge in [0.05, 0.1) is 30.4 Å². The lowest BCUT2D eigenvalue weighted by Crippen LogP contribution is -2.60. The van der Waals surface area contributed by atoms with E-state index in [9.17, 15) is 9.90 Å². The number of methoxy groups -OCH3 is 1. The van der Waals surface area contributed by atoms with Crippen LogP contribution in [0.2, 0.25) is 0 Å². The molecule has 5 heteroatoms. The quantitative estimate of drug-likeness (QED) is 0.578. The van der Waals surface area contributed by atoms with Gasteiger partial charge in [0, 0.05) is 24.4 Å². The first-order chi connectivity index (χ1) is 16.7. The van der Waals surface area contributed by atoms with Crippen molar-refractivity contribution in [3.63, 3.8) is 0 Å². The van der Waals surface area contributed by atoms with Crippen molar-refractivity contribution in [1.82, 2.24) is 0 Å². The van der Waals surface area contributed by atoms with E-state index < -0.39 is 5.60 Å². The molecule has 5 nitrogen and oxygen atoms in total. The molecule has 1 aromatic carbocycles. The molecule has 3 saturated carbocycles. The fraction of sp³-hybridized carbons (Fsp3) is 0.667. The second-order valence-corrected chi connectivity index (χ2v) is 11.9. The van der Waals surface area contributed by atoms with E-state index >= 15 is 0 Å². The van der Waals surface area contributed by atoms with Crippen molar-refractivity contribution in [3.05, 3.63) is 47.0 Å². The summed E-state index contributed by atoms with van der Waals surface area (Å²) < 4.78 is 12.6. The van der Waals surface area contributed by atoms with Crippen LogP contribution in [0.3, 0.4) is 0 Å². The summed E-state index contributed by atoms with van der Waals surface area (Å²) in [5.41, 5.74) is 2.13. The number of fused-ring (bicyclic) bond motifs is 5. The average Bonchev–Trinajstić information content (AvgIpc) is 3.16. The van der Waals surface area contributed by atoms with Crippen LogP contribution in [-0.2, 0) is 20.9 Å². The lowest BCUT2D eigenvalue weighted by molar-refractivity contribution is -0.174. The second-order valence-electron chi connectivity index (χ2n) is 11.9. The zero-order chi connectivity index (χ0) is 25.0. The van der Waals surface area contributed by atoms with E-state index in [2.05, 4.69) is 26.0 Å². The average molecular weight is 478 g/mol. The van der Waals surface area contributed by atoms with Gasteiger partial charge in [-0.05, 0) is 80.9 Å². The largest absolute Gasteiger partial charge is 0.393 e. The fourth-order valence-corrected chi connectivity index (χ4v) is 8.84. The van der Waals surface area contributed by atoms with E-state index in [1.807, 2.05) is 24.3 Å². The van der Waals surface area contributed by atoms with Gasteiger partial charge in [-0.15, -0.1) is 0 Å². The number of allylic oxidation sites excluding steroid dienone is 1. The number of rotatable bonds is 5. The van der Waals surface area contributed by atoms with Crippen LogP contribution in [-0.4, -0.2) is 35.8 Å². The normalized spacial score (nSPS) is 42.3. The van der Waals surface area contributed by atoms with E-state index in [-0.39, 0.29) is 28.8 Å². The molecule has 0 saturated heterocycles. The minimum atomic E-state index is -0.665. The molecule has 0 amide bonds. The van der Waals surface area contributed by atoms with E-state index in [0.29, 0.717) is 36.3 Å². The van der Waals surface area contributed by atoms with Crippen LogP contribution < -0.4 is 0 Å². The summed E-state index contributed by atoms with van der Waals surface area (Å²) in [5.74, 6) is 1.59. The van der Waals surface area contributed by atoms with E-state index in [1.54, 1.807) is 14.0 Å². The minimum absolute atomic E-state index is 0.0632. The third-order valence-corrected chi connectivity index (χ3v) is 10.7. The van der Waals surface area contributed by atoms with Gasteiger partial charge in [-0.1, -0.05) is 37.6 Å². The number of carbonyl (C=O) groups excluding carboxylic acids is 1. The zero-order valence-corrected chi connectivity index (χ0v) is 21.5. The fourth-order valence-electron chi connectivity index (χ4n) is 8.84. The molecule has 188 valence electrons. The number of hydrogen-bond donors (Lipinski definition) is 1. The molecule has 0 aliphatic heterocycles. The third-order valence-electron chi connectivity index (χ3n) is 10.7. The maximum atomic E-state index is 12.9. The van der Waals surface area contributed by atoms with Crippen LogP contribution in [0.1, 0.15) is 76.8 Å². The Bertz CT molecular complexity index is 1060. The van der Waals surface area contributed by atoms with Crippen LogP contribution >= 0.6 is 0 Å². The SMILES string of the molecule is CO[C@]1(C(C)=O)CC[C@H]2[C@@H]3CC=C4CC(O)CC(OCc5ccc(C#N)cc5)[C@]4(C)[C@H]3CC[C@@]21C. The summed E-state index contributed by atoms with van der Waals surface area (Å²) in [4.78, 5) is 12.9. The van der Waals surface area contributed by atoms with Crippen LogP contribution in [0, 0.1) is 39.9 Å². The van der Waals surface area contributed by atoms with Crippen molar-refractivity contribution in [3.8, 4) is 6.07 Å². The maximum absolute atomic E-state index is 12.9. The Morgan fingerprint density at radius 1 is 1.17 bits per heavy atom. The number of ether oxygens (including phenoxy) is 2. The van der Waals surface area contributed by atoms with Crippen LogP contribution in [0.25, 0.3) is 0 Å². The van der Waals surface area contributed by atoms with Crippen molar-refractivity contribution >= 4 is 5.78 Å². The molecular formula is C30H39NO4. The summed E-state index contributed by atoms with van der Waals surface area (Å²) in [6.07, 6.45) is 8.23. The van der Waals surface area contributed by atoms with Gasteiger partial charge in [0.1, 0.15) is 5.60 Å². The summed E-state index contributed by atoms with van der Waals surface area (Å²) in [6.45, 7) is 6.86. The standard InChI is InChI=1S/C30H39NO4/c1-19(32)30(34-4)14-12-25-24-10-9-22-15-23(33)16-27(29(22,3)26(24)11-13-28(25,30)2)35-18-21-7-5-20(17-31)6-8-21/h5-9,23-27,33H,10-16,18H2,1-4H3/t23?,24-,25-,26-,27?,28-,29-,30-/m0/s1. The molecule has 1 aromatic rings. The molecule has 0 aromatic heterocycles. The van der Waals surface area contributed by atoms with Gasteiger partial charge in [0.15, 0.2) is 5.78 Å². The lowest BCUT2D eigenvalue weighted by atomic mass is 9.46. The molecule has 3 fully saturated rings. The molecule has 0 spiro atoms. The van der Waals surface area contributed by atoms with E-state index in [4.69, 9.17) is 14.7 Å². The number of Topliss-reactive ketones (excluding diaryl/α,β-unsaturated/α-hetero) is 1. The first-order valence-corrected chi connectivity index (χ1v) is 13.2. The molecule has 5 rings (SSSR count). The van der Waals surface area contributed by atoms with Gasteiger partial charge in [0.25, 0.3) is 0 Å². The smallest absolute Gasteiger partial charge is 0.162 e. The highest BCUT2D eigenvalue weighted by atomic mass is 16.5. The van der Waals surface area contributed by atoms with Crippen molar-refractivity contribution in [2.24, 2.45) is 28.6 Å². The van der Waals surface area contributed by atoms with Crippen molar-refractivity contribution < 1.29 is 19.4 Å². The first-order valence-electron chi connectivity index (χ1n) is 13.2. The van der Waals surface area contributed by atoms with Crippen molar-refractivity contribution in [2.75, 3.05) is 7.11 Å². The van der Waals surface area contributed by atoms with Crippen LogP contribution in [0.15, 0.2) is 35.9 Å². The Labute approximate surface area is 209 Å². The Hall–Kier alpha value is -2.00. The molecule has 4 aliphatic carbocycles. The Morgan fingerprint density at radius 2 is 1.89 bits per heavy atom. The number of aliphatic hydroxyl groups excluding tert-OH is 1. The van der Waals surface area contributed by atoms with Crippen molar-refractivity contribution in [2.45, 2.75) is 90.1 Å². The molecule has 35 heavy (non-hydrogen) atoms. The summed E-state index contributed by atoms with van der Waals surface area (Å²) in [6, 6.07) is 9.74. The monoisotopic (exact) mass is 477 g/mol. The van der Waals surface area contributed by atoms with Gasteiger partial charge >= 0.3 is 0 Å². The van der Waals surface area contributed by atoms with E-state index in [1.165, 1.54) is 5.57 Å². The Balaban J connectivity index is 1.43. The summed E-state index contributed by atoms with van der Waals surface area (Å²) >= 11 is 0. The topological polar surface area (TPSA) is 79.6 Å². The Kier molecular flexibility index (Phi) is 6.23. The number of carbonyl (C=O) groups is 1. The highest BCUT2D eigenvalue weighted by molar-refractivity contribution is 5.86. The zero-order valence-electron chi connectivity index (χ0n) is 21.5. The molecule has 8 atom stereocenters. The number of ketones is 1.